The van der Waals surface area contributed by atoms with Crippen LogP contribution in [0, 0.1) is 0 Å². The van der Waals surface area contributed by atoms with Crippen LogP contribution in [-0.2, 0) is 4.74 Å². The summed E-state index contributed by atoms with van der Waals surface area (Å²) in [6.45, 7) is 2.55. The number of nitrogens with one attached hydrogen (secondary N) is 1. The molecule has 1 N–H and O–H groups in total. The third-order valence-electron chi connectivity index (χ3n) is 2.42. The highest BCUT2D eigenvalue weighted by atomic mass is 79.9. The Hall–Kier alpha value is -0.560. The van der Waals surface area contributed by atoms with Crippen molar-refractivity contribution >= 4 is 34.5 Å². The lowest BCUT2D eigenvalue weighted by Gasteiger charge is -2.10. The predicted molar refractivity (Wildman–Crippen MR) is 83.1 cm³/mol. The minimum absolute atomic E-state index is 0.131. The van der Waals surface area contributed by atoms with E-state index in [2.05, 4.69) is 33.9 Å². The fourth-order valence-electron chi connectivity index (χ4n) is 1.38. The molecule has 106 valence electrons. The highest BCUT2D eigenvalue weighted by Gasteiger charge is 2.08. The second-order valence-corrected chi connectivity index (χ2v) is 5.73. The lowest BCUT2D eigenvalue weighted by molar-refractivity contribution is 0.0897. The number of carbonyl (C=O) groups excluding carboxylic acids is 1. The first-order valence-corrected chi connectivity index (χ1v) is 7.24. The van der Waals surface area contributed by atoms with Crippen molar-refractivity contribution in [3.63, 3.8) is 0 Å². The van der Waals surface area contributed by atoms with Crippen LogP contribution in [0.2, 0.25) is 0 Å². The number of nitrogens with zero attached hydrogens (tertiary/aromatic N) is 1. The van der Waals surface area contributed by atoms with Crippen LogP contribution >= 0.6 is 28.6 Å². The number of halogens is 1. The Bertz CT molecular complexity index is 427. The SMILES string of the molecule is CN(C)CCOCCNC(=O)c1ccc(Br)cc1S. The van der Waals surface area contributed by atoms with Gasteiger partial charge in [0, 0.05) is 22.5 Å². The van der Waals surface area contributed by atoms with Crippen molar-refractivity contribution in [2.24, 2.45) is 0 Å². The second-order valence-electron chi connectivity index (χ2n) is 4.33. The van der Waals surface area contributed by atoms with E-state index in [9.17, 15) is 4.79 Å². The number of rotatable bonds is 7. The van der Waals surface area contributed by atoms with E-state index in [0.717, 1.165) is 11.0 Å². The Kier molecular flexibility index (Phi) is 7.45. The van der Waals surface area contributed by atoms with Crippen molar-refractivity contribution in [3.05, 3.63) is 28.2 Å². The summed E-state index contributed by atoms with van der Waals surface area (Å²) >= 11 is 7.61. The summed E-state index contributed by atoms with van der Waals surface area (Å²) in [5, 5.41) is 2.81. The fourth-order valence-corrected chi connectivity index (χ4v) is 2.23. The van der Waals surface area contributed by atoms with E-state index in [1.807, 2.05) is 25.1 Å². The molecule has 1 amide bonds. The van der Waals surface area contributed by atoms with Crippen molar-refractivity contribution in [3.8, 4) is 0 Å². The normalized spacial score (nSPS) is 10.8. The lowest BCUT2D eigenvalue weighted by atomic mass is 10.2. The maximum atomic E-state index is 11.9. The van der Waals surface area contributed by atoms with E-state index in [4.69, 9.17) is 4.74 Å². The van der Waals surface area contributed by atoms with Gasteiger partial charge in [-0.1, -0.05) is 15.9 Å². The predicted octanol–water partition coefficient (Wildman–Crippen LogP) is 2.05. The molecule has 19 heavy (non-hydrogen) atoms. The van der Waals surface area contributed by atoms with E-state index < -0.39 is 0 Å². The number of carbonyl (C=O) groups is 1. The average molecular weight is 347 g/mol. The van der Waals surface area contributed by atoms with Crippen molar-refractivity contribution in [1.29, 1.82) is 0 Å². The van der Waals surface area contributed by atoms with Crippen LogP contribution in [0.3, 0.4) is 0 Å². The summed E-state index contributed by atoms with van der Waals surface area (Å²) in [6, 6.07) is 5.36. The van der Waals surface area contributed by atoms with Gasteiger partial charge in [-0.2, -0.15) is 0 Å². The highest BCUT2D eigenvalue weighted by Crippen LogP contribution is 2.19. The first-order valence-electron chi connectivity index (χ1n) is 6.00. The molecule has 0 aromatic heterocycles. The maximum absolute atomic E-state index is 11.9. The molecular weight excluding hydrogens is 328 g/mol. The zero-order valence-corrected chi connectivity index (χ0v) is 13.6. The van der Waals surface area contributed by atoms with Crippen LogP contribution in [0.5, 0.6) is 0 Å². The van der Waals surface area contributed by atoms with Crippen molar-refractivity contribution < 1.29 is 9.53 Å². The highest BCUT2D eigenvalue weighted by molar-refractivity contribution is 9.10. The molecule has 1 aromatic rings. The van der Waals surface area contributed by atoms with E-state index in [0.29, 0.717) is 30.2 Å². The molecule has 4 nitrogen and oxygen atoms in total. The van der Waals surface area contributed by atoms with Crippen LogP contribution in [0.25, 0.3) is 0 Å². The summed E-state index contributed by atoms with van der Waals surface area (Å²) in [5.74, 6) is -0.131. The van der Waals surface area contributed by atoms with E-state index in [1.54, 1.807) is 12.1 Å². The van der Waals surface area contributed by atoms with Gasteiger partial charge in [-0.05, 0) is 32.3 Å². The number of amides is 1. The molecule has 1 rings (SSSR count). The lowest BCUT2D eigenvalue weighted by Crippen LogP contribution is -2.28. The summed E-state index contributed by atoms with van der Waals surface area (Å²) in [5.41, 5.74) is 0.569. The van der Waals surface area contributed by atoms with Crippen LogP contribution in [-0.4, -0.2) is 51.2 Å². The van der Waals surface area contributed by atoms with Gasteiger partial charge in [-0.15, -0.1) is 12.6 Å². The van der Waals surface area contributed by atoms with E-state index in [1.165, 1.54) is 0 Å². The molecular formula is C13H19BrN2O2S. The van der Waals surface area contributed by atoms with Crippen LogP contribution in [0.1, 0.15) is 10.4 Å². The van der Waals surface area contributed by atoms with Crippen molar-refractivity contribution in [1.82, 2.24) is 10.2 Å². The maximum Gasteiger partial charge on any atom is 0.252 e. The number of hydrogen-bond donors (Lipinski definition) is 2. The number of likely N-dealkylation sites (N-methyl/N-ethyl adjacent to an activating group) is 1. The zero-order chi connectivity index (χ0) is 14.3. The molecule has 0 aliphatic heterocycles. The molecule has 0 heterocycles. The summed E-state index contributed by atoms with van der Waals surface area (Å²) in [4.78, 5) is 14.6. The Balaban J connectivity index is 2.28. The van der Waals surface area contributed by atoms with Crippen molar-refractivity contribution in [2.45, 2.75) is 4.90 Å². The molecule has 0 spiro atoms. The van der Waals surface area contributed by atoms with Crippen LogP contribution < -0.4 is 5.32 Å². The molecule has 0 radical (unpaired) electrons. The third kappa shape index (κ3) is 6.42. The zero-order valence-electron chi connectivity index (χ0n) is 11.1. The smallest absolute Gasteiger partial charge is 0.252 e. The monoisotopic (exact) mass is 346 g/mol. The van der Waals surface area contributed by atoms with Gasteiger partial charge in [-0.25, -0.2) is 0 Å². The van der Waals surface area contributed by atoms with E-state index in [-0.39, 0.29) is 5.91 Å². The number of benzene rings is 1. The summed E-state index contributed by atoms with van der Waals surface area (Å²) < 4.78 is 6.30. The topological polar surface area (TPSA) is 41.6 Å². The Morgan fingerprint density at radius 3 is 2.79 bits per heavy atom. The summed E-state index contributed by atoms with van der Waals surface area (Å²) in [7, 11) is 3.99. The van der Waals surface area contributed by atoms with Crippen LogP contribution in [0.15, 0.2) is 27.6 Å². The minimum Gasteiger partial charge on any atom is -0.378 e. The fraction of sp³-hybridized carbons (Fsp3) is 0.462. The first-order chi connectivity index (χ1) is 9.00. The molecule has 1 aromatic carbocycles. The molecule has 0 unspecified atom stereocenters. The Labute approximate surface area is 128 Å². The third-order valence-corrected chi connectivity index (χ3v) is 3.28. The quantitative estimate of drug-likeness (QED) is 0.586. The van der Waals surface area contributed by atoms with Crippen LogP contribution in [0.4, 0.5) is 0 Å². The average Bonchev–Trinajstić information content (AvgIpc) is 2.32. The van der Waals surface area contributed by atoms with Gasteiger partial charge >= 0.3 is 0 Å². The number of thiol groups is 1. The second kappa shape index (κ2) is 8.58. The van der Waals surface area contributed by atoms with Gasteiger partial charge in [-0.3, -0.25) is 4.79 Å². The standard InChI is InChI=1S/C13H19BrN2O2S/c1-16(2)6-8-18-7-5-15-13(17)11-4-3-10(14)9-12(11)19/h3-4,9,19H,5-8H2,1-2H3,(H,15,17). The minimum atomic E-state index is -0.131. The largest absolute Gasteiger partial charge is 0.378 e. The van der Waals surface area contributed by atoms with Gasteiger partial charge in [0.15, 0.2) is 0 Å². The van der Waals surface area contributed by atoms with Gasteiger partial charge in [0.2, 0.25) is 0 Å². The number of ether oxygens (including phenoxy) is 1. The molecule has 6 heteroatoms. The number of hydrogen-bond acceptors (Lipinski definition) is 4. The molecule has 0 atom stereocenters. The summed E-state index contributed by atoms with van der Waals surface area (Å²) in [6.07, 6.45) is 0. The molecule has 0 fully saturated rings. The van der Waals surface area contributed by atoms with Gasteiger partial charge in [0.25, 0.3) is 5.91 Å². The molecule has 0 bridgehead atoms. The molecule has 0 saturated carbocycles. The molecule has 0 aliphatic carbocycles. The van der Waals surface area contributed by atoms with Gasteiger partial charge in [0.05, 0.1) is 18.8 Å². The first kappa shape index (κ1) is 16.5. The Morgan fingerprint density at radius 2 is 2.16 bits per heavy atom. The van der Waals surface area contributed by atoms with Crippen molar-refractivity contribution in [2.75, 3.05) is 40.4 Å². The van der Waals surface area contributed by atoms with E-state index >= 15 is 0 Å². The molecule has 0 aliphatic rings. The van der Waals surface area contributed by atoms with Gasteiger partial charge in [0.1, 0.15) is 0 Å². The molecule has 0 saturated heterocycles. The Morgan fingerprint density at radius 1 is 1.42 bits per heavy atom. The van der Waals surface area contributed by atoms with Gasteiger partial charge < -0.3 is 15.0 Å².